The molecule has 0 atom stereocenters. The smallest absolute Gasteiger partial charge is 0.227 e. The Morgan fingerprint density at radius 1 is 1.10 bits per heavy atom. The molecule has 0 amide bonds. The first-order valence-corrected chi connectivity index (χ1v) is 6.64. The summed E-state index contributed by atoms with van der Waals surface area (Å²) in [6.07, 6.45) is 4.84. The number of phenolic OH excluding ortho intramolecular Hbond substituents is 1. The third kappa shape index (κ3) is 2.37. The Bertz CT molecular complexity index is 715. The summed E-state index contributed by atoms with van der Waals surface area (Å²) < 4.78 is 6.06. The van der Waals surface area contributed by atoms with Crippen LogP contribution >= 0.6 is 15.9 Å². The maximum atomic E-state index is 10.00. The molecule has 0 spiro atoms. The van der Waals surface area contributed by atoms with E-state index in [0.717, 1.165) is 5.56 Å². The van der Waals surface area contributed by atoms with E-state index in [4.69, 9.17) is 4.42 Å². The van der Waals surface area contributed by atoms with Crippen LogP contribution < -0.4 is 5.32 Å². The Hall–Kier alpha value is -2.34. The summed E-state index contributed by atoms with van der Waals surface area (Å²) in [5, 5.41) is 13.0. The number of anilines is 2. The van der Waals surface area contributed by atoms with Crippen molar-refractivity contribution >= 4 is 27.6 Å². The van der Waals surface area contributed by atoms with Crippen LogP contribution in [0, 0.1) is 0 Å². The van der Waals surface area contributed by atoms with Crippen molar-refractivity contribution in [2.24, 2.45) is 0 Å². The van der Waals surface area contributed by atoms with Gasteiger partial charge in [-0.3, -0.25) is 0 Å². The Morgan fingerprint density at radius 2 is 1.90 bits per heavy atom. The van der Waals surface area contributed by atoms with Crippen LogP contribution in [0.5, 0.6) is 5.75 Å². The zero-order valence-electron chi connectivity index (χ0n) is 10.2. The molecular weight excluding hydrogens is 322 g/mol. The van der Waals surface area contributed by atoms with Gasteiger partial charge in [-0.1, -0.05) is 0 Å². The largest absolute Gasteiger partial charge is 0.506 e. The van der Waals surface area contributed by atoms with Crippen molar-refractivity contribution in [3.05, 3.63) is 53.5 Å². The number of nitrogens with one attached hydrogen (secondary N) is 1. The molecule has 0 aliphatic rings. The van der Waals surface area contributed by atoms with E-state index in [1.807, 2.05) is 12.1 Å². The van der Waals surface area contributed by atoms with Gasteiger partial charge in [-0.25, -0.2) is 9.97 Å². The summed E-state index contributed by atoms with van der Waals surface area (Å²) in [6.45, 7) is 0. The first-order chi connectivity index (χ1) is 9.75. The van der Waals surface area contributed by atoms with Crippen LogP contribution in [0.3, 0.4) is 0 Å². The number of benzene rings is 1. The third-order valence-corrected chi connectivity index (χ3v) is 3.53. The molecule has 2 N–H and O–H groups in total. The van der Waals surface area contributed by atoms with Crippen LogP contribution in [0.1, 0.15) is 0 Å². The van der Waals surface area contributed by atoms with Gasteiger partial charge in [0.1, 0.15) is 11.5 Å². The van der Waals surface area contributed by atoms with Gasteiger partial charge < -0.3 is 14.8 Å². The van der Waals surface area contributed by atoms with Gasteiger partial charge in [0.15, 0.2) is 0 Å². The molecule has 5 nitrogen and oxygen atoms in total. The first kappa shape index (κ1) is 12.7. The lowest BCUT2D eigenvalue weighted by atomic mass is 10.1. The molecule has 2 aromatic heterocycles. The molecule has 2 heterocycles. The quantitative estimate of drug-likeness (QED) is 0.711. The first-order valence-electron chi connectivity index (χ1n) is 5.85. The zero-order valence-corrected chi connectivity index (χ0v) is 11.8. The van der Waals surface area contributed by atoms with E-state index >= 15 is 0 Å². The molecular formula is C14H10BrN3O2. The van der Waals surface area contributed by atoms with Gasteiger partial charge in [0.25, 0.3) is 0 Å². The molecule has 3 rings (SSSR count). The molecule has 6 heteroatoms. The van der Waals surface area contributed by atoms with Gasteiger partial charge in [-0.2, -0.15) is 0 Å². The van der Waals surface area contributed by atoms with Crippen molar-refractivity contribution in [1.29, 1.82) is 0 Å². The molecule has 0 radical (unpaired) electrons. The number of halogens is 1. The Kier molecular flexibility index (Phi) is 3.39. The Morgan fingerprint density at radius 3 is 2.60 bits per heavy atom. The number of phenols is 1. The van der Waals surface area contributed by atoms with E-state index in [2.05, 4.69) is 31.2 Å². The van der Waals surface area contributed by atoms with E-state index in [9.17, 15) is 5.11 Å². The van der Waals surface area contributed by atoms with Crippen LogP contribution in [-0.2, 0) is 0 Å². The summed E-state index contributed by atoms with van der Waals surface area (Å²) in [5.74, 6) is 1.20. The van der Waals surface area contributed by atoms with Gasteiger partial charge >= 0.3 is 0 Å². The lowest BCUT2D eigenvalue weighted by molar-refractivity contribution is 0.477. The average Bonchev–Trinajstić information content (AvgIpc) is 2.98. The lowest BCUT2D eigenvalue weighted by Gasteiger charge is -2.11. The molecule has 100 valence electrons. The lowest BCUT2D eigenvalue weighted by Crippen LogP contribution is -1.97. The van der Waals surface area contributed by atoms with Crippen LogP contribution in [0.25, 0.3) is 11.3 Å². The number of furan rings is 1. The Labute approximate surface area is 123 Å². The topological polar surface area (TPSA) is 71.2 Å². The van der Waals surface area contributed by atoms with E-state index < -0.39 is 0 Å². The normalized spacial score (nSPS) is 10.4. The van der Waals surface area contributed by atoms with Gasteiger partial charge in [0, 0.05) is 18.0 Å². The minimum atomic E-state index is 0.0969. The monoisotopic (exact) mass is 331 g/mol. The van der Waals surface area contributed by atoms with Crippen molar-refractivity contribution in [2.75, 3.05) is 5.32 Å². The maximum absolute atomic E-state index is 10.00. The van der Waals surface area contributed by atoms with E-state index in [1.54, 1.807) is 36.9 Å². The van der Waals surface area contributed by atoms with Crippen LogP contribution in [0.2, 0.25) is 0 Å². The summed E-state index contributed by atoms with van der Waals surface area (Å²) in [6, 6.07) is 8.74. The van der Waals surface area contributed by atoms with Crippen molar-refractivity contribution in [2.45, 2.75) is 0 Å². The molecule has 0 bridgehead atoms. The minimum Gasteiger partial charge on any atom is -0.506 e. The fourth-order valence-corrected chi connectivity index (χ4v) is 2.41. The van der Waals surface area contributed by atoms with E-state index in [-0.39, 0.29) is 5.75 Å². The molecule has 0 unspecified atom stereocenters. The molecule has 20 heavy (non-hydrogen) atoms. The van der Waals surface area contributed by atoms with Gasteiger partial charge in [0.2, 0.25) is 5.95 Å². The molecule has 3 aromatic rings. The third-order valence-electron chi connectivity index (χ3n) is 2.71. The van der Waals surface area contributed by atoms with Crippen molar-refractivity contribution < 1.29 is 9.52 Å². The second-order valence-corrected chi connectivity index (χ2v) is 4.79. The highest BCUT2D eigenvalue weighted by Crippen LogP contribution is 2.40. The number of aromatic hydroxyl groups is 1. The van der Waals surface area contributed by atoms with Crippen molar-refractivity contribution in [3.8, 4) is 17.1 Å². The summed E-state index contributed by atoms with van der Waals surface area (Å²) in [5.41, 5.74) is 1.32. The molecule has 0 saturated heterocycles. The highest BCUT2D eigenvalue weighted by atomic mass is 79.9. The number of rotatable bonds is 3. The van der Waals surface area contributed by atoms with E-state index in [1.165, 1.54) is 0 Å². The zero-order chi connectivity index (χ0) is 13.9. The highest BCUT2D eigenvalue weighted by Gasteiger charge is 2.14. The number of nitrogens with zero attached hydrogens (tertiary/aromatic N) is 2. The molecule has 0 aliphatic carbocycles. The minimum absolute atomic E-state index is 0.0969. The van der Waals surface area contributed by atoms with E-state index in [0.29, 0.717) is 21.9 Å². The number of hydrogen-bond donors (Lipinski definition) is 2. The van der Waals surface area contributed by atoms with Crippen LogP contribution in [0.15, 0.2) is 57.9 Å². The van der Waals surface area contributed by atoms with Crippen LogP contribution in [0.4, 0.5) is 11.6 Å². The van der Waals surface area contributed by atoms with Gasteiger partial charge in [-0.05, 0) is 46.3 Å². The van der Waals surface area contributed by atoms with Crippen molar-refractivity contribution in [1.82, 2.24) is 9.97 Å². The summed E-state index contributed by atoms with van der Waals surface area (Å²) in [4.78, 5) is 8.14. The standard InChI is InChI=1S/C14H10BrN3O2/c15-12-9(11-3-1-8-20-11)4-5-10(19)13(12)18-14-16-6-2-7-17-14/h1-8,19H,(H,16,17,18). The van der Waals surface area contributed by atoms with Gasteiger partial charge in [-0.15, -0.1) is 0 Å². The fraction of sp³-hybridized carbons (Fsp3) is 0. The second-order valence-electron chi connectivity index (χ2n) is 4.00. The number of hydrogen-bond acceptors (Lipinski definition) is 5. The van der Waals surface area contributed by atoms with Crippen LogP contribution in [-0.4, -0.2) is 15.1 Å². The second kappa shape index (κ2) is 5.34. The SMILES string of the molecule is Oc1ccc(-c2ccco2)c(Br)c1Nc1ncccn1. The fourth-order valence-electron chi connectivity index (χ4n) is 1.78. The average molecular weight is 332 g/mol. The molecule has 1 aromatic carbocycles. The van der Waals surface area contributed by atoms with Crippen molar-refractivity contribution in [3.63, 3.8) is 0 Å². The maximum Gasteiger partial charge on any atom is 0.227 e. The molecule has 0 fully saturated rings. The Balaban J connectivity index is 2.04. The molecule has 0 aliphatic heterocycles. The molecule has 0 saturated carbocycles. The predicted molar refractivity (Wildman–Crippen MR) is 78.8 cm³/mol. The number of aromatic nitrogens is 2. The predicted octanol–water partition coefficient (Wildman–Crippen LogP) is 3.95. The highest BCUT2D eigenvalue weighted by molar-refractivity contribution is 9.10. The summed E-state index contributed by atoms with van der Waals surface area (Å²) in [7, 11) is 0. The summed E-state index contributed by atoms with van der Waals surface area (Å²) >= 11 is 3.47. The van der Waals surface area contributed by atoms with Gasteiger partial charge in [0.05, 0.1) is 16.4 Å².